The fraction of sp³-hybridized carbons (Fsp3) is 0.333. The highest BCUT2D eigenvalue weighted by atomic mass is 19.1. The summed E-state index contributed by atoms with van der Waals surface area (Å²) in [4.78, 5) is 15.9. The number of amides is 1. The molecule has 24 heavy (non-hydrogen) atoms. The Hall–Kier alpha value is -2.50. The zero-order chi connectivity index (χ0) is 17.9. The standard InChI is InChI=1S/C18H20F2N2O2/c1-11(22-17(23)24-18(2,3)4)15-9-8-12(10-21-15)16-13(19)6-5-7-14(16)20/h5-11H,1-4H3,(H,22,23)/t11-/m0/s1. The summed E-state index contributed by atoms with van der Waals surface area (Å²) < 4.78 is 32.7. The molecule has 0 saturated carbocycles. The Morgan fingerprint density at radius 3 is 2.29 bits per heavy atom. The average Bonchev–Trinajstić information content (AvgIpc) is 2.45. The highest BCUT2D eigenvalue weighted by Gasteiger charge is 2.19. The van der Waals surface area contributed by atoms with Gasteiger partial charge in [-0.15, -0.1) is 0 Å². The highest BCUT2D eigenvalue weighted by Crippen LogP contribution is 2.26. The molecule has 6 heteroatoms. The van der Waals surface area contributed by atoms with Crippen molar-refractivity contribution in [1.82, 2.24) is 10.3 Å². The van der Waals surface area contributed by atoms with Crippen LogP contribution >= 0.6 is 0 Å². The SMILES string of the molecule is C[C@H](NC(=O)OC(C)(C)C)c1ccc(-c2c(F)cccc2F)cn1. The van der Waals surface area contributed by atoms with Crippen molar-refractivity contribution >= 4 is 6.09 Å². The first-order valence-electron chi connectivity index (χ1n) is 7.57. The zero-order valence-corrected chi connectivity index (χ0v) is 14.1. The van der Waals surface area contributed by atoms with Crippen molar-refractivity contribution in [3.8, 4) is 11.1 Å². The molecule has 1 atom stereocenters. The van der Waals surface area contributed by atoms with Gasteiger partial charge in [0.2, 0.25) is 0 Å². The van der Waals surface area contributed by atoms with Crippen molar-refractivity contribution in [1.29, 1.82) is 0 Å². The van der Waals surface area contributed by atoms with Crippen LogP contribution in [-0.4, -0.2) is 16.7 Å². The van der Waals surface area contributed by atoms with Crippen LogP contribution in [0.15, 0.2) is 36.5 Å². The Labute approximate surface area is 139 Å². The number of rotatable bonds is 3. The van der Waals surface area contributed by atoms with Gasteiger partial charge in [0.05, 0.1) is 17.3 Å². The van der Waals surface area contributed by atoms with Crippen LogP contribution < -0.4 is 5.32 Å². The smallest absolute Gasteiger partial charge is 0.408 e. The van der Waals surface area contributed by atoms with Gasteiger partial charge in [-0.05, 0) is 45.9 Å². The van der Waals surface area contributed by atoms with E-state index in [1.54, 1.807) is 39.8 Å². The Bertz CT molecular complexity index is 705. The highest BCUT2D eigenvalue weighted by molar-refractivity contribution is 5.68. The number of aromatic nitrogens is 1. The summed E-state index contributed by atoms with van der Waals surface area (Å²) in [5.74, 6) is -1.30. The maximum absolute atomic E-state index is 13.8. The first kappa shape index (κ1) is 17.8. The molecule has 1 heterocycles. The molecule has 0 saturated heterocycles. The lowest BCUT2D eigenvalue weighted by Gasteiger charge is -2.21. The number of nitrogens with one attached hydrogen (secondary N) is 1. The summed E-state index contributed by atoms with van der Waals surface area (Å²) in [6, 6.07) is 6.47. The van der Waals surface area contributed by atoms with Crippen LogP contribution in [0.25, 0.3) is 11.1 Å². The van der Waals surface area contributed by atoms with E-state index >= 15 is 0 Å². The number of hydrogen-bond acceptors (Lipinski definition) is 3. The van der Waals surface area contributed by atoms with Gasteiger partial charge in [0.1, 0.15) is 17.2 Å². The van der Waals surface area contributed by atoms with Crippen LogP contribution in [0.1, 0.15) is 39.4 Å². The third kappa shape index (κ3) is 4.50. The van der Waals surface area contributed by atoms with Gasteiger partial charge in [-0.25, -0.2) is 13.6 Å². The molecule has 0 aliphatic heterocycles. The topological polar surface area (TPSA) is 51.2 Å². The molecule has 0 fully saturated rings. The average molecular weight is 334 g/mol. The Morgan fingerprint density at radius 2 is 1.79 bits per heavy atom. The summed E-state index contributed by atoms with van der Waals surface area (Å²) in [6.45, 7) is 7.06. The number of benzene rings is 1. The molecule has 1 N–H and O–H groups in total. The van der Waals surface area contributed by atoms with Gasteiger partial charge in [0.15, 0.2) is 0 Å². The minimum Gasteiger partial charge on any atom is -0.444 e. The molecular formula is C18H20F2N2O2. The van der Waals surface area contributed by atoms with Gasteiger partial charge in [-0.2, -0.15) is 0 Å². The van der Waals surface area contributed by atoms with E-state index < -0.39 is 29.4 Å². The Kier molecular flexibility index (Phi) is 5.17. The second-order valence-corrected chi connectivity index (χ2v) is 6.44. The minimum atomic E-state index is -0.649. The molecule has 0 aliphatic carbocycles. The maximum Gasteiger partial charge on any atom is 0.408 e. The molecular weight excluding hydrogens is 314 g/mol. The number of pyridine rings is 1. The van der Waals surface area contributed by atoms with E-state index in [1.165, 1.54) is 24.4 Å². The second kappa shape index (κ2) is 6.95. The van der Waals surface area contributed by atoms with Gasteiger partial charge >= 0.3 is 6.09 Å². The lowest BCUT2D eigenvalue weighted by Crippen LogP contribution is -2.34. The van der Waals surface area contributed by atoms with E-state index in [4.69, 9.17) is 4.74 Å². The normalized spacial score (nSPS) is 12.6. The minimum absolute atomic E-state index is 0.121. The number of halogens is 2. The number of ether oxygens (including phenoxy) is 1. The predicted octanol–water partition coefficient (Wildman–Crippen LogP) is 4.61. The van der Waals surface area contributed by atoms with Crippen molar-refractivity contribution in [2.45, 2.75) is 39.3 Å². The maximum atomic E-state index is 13.8. The van der Waals surface area contributed by atoms with Crippen LogP contribution in [0.2, 0.25) is 0 Å². The van der Waals surface area contributed by atoms with Crippen LogP contribution in [-0.2, 0) is 4.74 Å². The molecule has 1 aromatic heterocycles. The van der Waals surface area contributed by atoms with E-state index in [1.807, 2.05) is 0 Å². The molecule has 0 unspecified atom stereocenters. The fourth-order valence-corrected chi connectivity index (χ4v) is 2.14. The van der Waals surface area contributed by atoms with E-state index in [2.05, 4.69) is 10.3 Å². The second-order valence-electron chi connectivity index (χ2n) is 6.44. The van der Waals surface area contributed by atoms with Crippen LogP contribution in [0.4, 0.5) is 13.6 Å². The van der Waals surface area contributed by atoms with Gasteiger partial charge in [-0.3, -0.25) is 4.98 Å². The molecule has 128 valence electrons. The molecule has 1 amide bonds. The third-order valence-electron chi connectivity index (χ3n) is 3.21. The molecule has 2 rings (SSSR count). The monoisotopic (exact) mass is 334 g/mol. The first-order valence-corrected chi connectivity index (χ1v) is 7.57. The van der Waals surface area contributed by atoms with Crippen molar-refractivity contribution in [3.05, 3.63) is 53.9 Å². The van der Waals surface area contributed by atoms with Gasteiger partial charge in [0, 0.05) is 11.8 Å². The van der Waals surface area contributed by atoms with E-state index in [-0.39, 0.29) is 5.56 Å². The molecule has 1 aromatic carbocycles. The first-order chi connectivity index (χ1) is 11.2. The van der Waals surface area contributed by atoms with E-state index in [0.717, 1.165) is 0 Å². The van der Waals surface area contributed by atoms with Crippen molar-refractivity contribution in [2.24, 2.45) is 0 Å². The number of carbonyl (C=O) groups is 1. The zero-order valence-electron chi connectivity index (χ0n) is 14.1. The number of carbonyl (C=O) groups excluding carboxylic acids is 1. The van der Waals surface area contributed by atoms with Crippen LogP contribution in [0, 0.1) is 11.6 Å². The molecule has 0 aliphatic rings. The van der Waals surface area contributed by atoms with Crippen molar-refractivity contribution in [2.75, 3.05) is 0 Å². The number of nitrogens with zero attached hydrogens (tertiary/aromatic N) is 1. The Balaban J connectivity index is 2.13. The van der Waals surface area contributed by atoms with Gasteiger partial charge < -0.3 is 10.1 Å². The molecule has 0 spiro atoms. The van der Waals surface area contributed by atoms with Crippen molar-refractivity contribution < 1.29 is 18.3 Å². The molecule has 2 aromatic rings. The fourth-order valence-electron chi connectivity index (χ4n) is 2.14. The summed E-state index contributed by atoms with van der Waals surface area (Å²) in [6.07, 6.45) is 0.824. The van der Waals surface area contributed by atoms with Crippen molar-refractivity contribution in [3.63, 3.8) is 0 Å². The lowest BCUT2D eigenvalue weighted by atomic mass is 10.1. The molecule has 0 radical (unpaired) electrons. The quantitative estimate of drug-likeness (QED) is 0.891. The van der Waals surface area contributed by atoms with Crippen LogP contribution in [0.5, 0.6) is 0 Å². The summed E-state index contributed by atoms with van der Waals surface area (Å²) in [7, 11) is 0. The van der Waals surface area contributed by atoms with Gasteiger partial charge in [0.25, 0.3) is 0 Å². The van der Waals surface area contributed by atoms with E-state index in [0.29, 0.717) is 11.3 Å². The largest absolute Gasteiger partial charge is 0.444 e. The number of alkyl carbamates (subject to hydrolysis) is 1. The molecule has 0 bridgehead atoms. The molecule has 4 nitrogen and oxygen atoms in total. The summed E-state index contributed by atoms with van der Waals surface area (Å²) >= 11 is 0. The third-order valence-corrected chi connectivity index (χ3v) is 3.21. The van der Waals surface area contributed by atoms with Gasteiger partial charge in [-0.1, -0.05) is 12.1 Å². The van der Waals surface area contributed by atoms with Crippen LogP contribution in [0.3, 0.4) is 0 Å². The lowest BCUT2D eigenvalue weighted by molar-refractivity contribution is 0.0507. The Morgan fingerprint density at radius 1 is 1.17 bits per heavy atom. The predicted molar refractivity (Wildman–Crippen MR) is 87.4 cm³/mol. The van der Waals surface area contributed by atoms with E-state index in [9.17, 15) is 13.6 Å². The summed E-state index contributed by atoms with van der Waals surface area (Å²) in [5.41, 5.74) is 0.174. The number of hydrogen-bond donors (Lipinski definition) is 1. The summed E-state index contributed by atoms with van der Waals surface area (Å²) in [5, 5.41) is 2.66.